The second-order valence-corrected chi connectivity index (χ2v) is 7.07. The number of benzene rings is 2. The molecule has 8 nitrogen and oxygen atoms in total. The number of hydrogen-bond donors (Lipinski definition) is 1. The van der Waals surface area contributed by atoms with Crippen LogP contribution in [0.25, 0.3) is 5.65 Å². The van der Waals surface area contributed by atoms with Crippen molar-refractivity contribution >= 4 is 23.2 Å². The SMILES string of the molecule is Cc1ccc(CNC(=O)Cn2nc3c(Oc4ccccc4Cl)nccn3c2=O)cc1. The van der Waals surface area contributed by atoms with E-state index >= 15 is 0 Å². The Morgan fingerprint density at radius 1 is 1.17 bits per heavy atom. The first kappa shape index (κ1) is 19.7. The number of nitrogens with zero attached hydrogens (tertiary/aromatic N) is 4. The molecule has 0 saturated heterocycles. The average molecular weight is 424 g/mol. The molecule has 2 heterocycles. The van der Waals surface area contributed by atoms with Crippen LogP contribution in [0.15, 0.2) is 65.7 Å². The van der Waals surface area contributed by atoms with Crippen molar-refractivity contribution in [2.45, 2.75) is 20.0 Å². The van der Waals surface area contributed by atoms with Gasteiger partial charge in [-0.25, -0.2) is 18.9 Å². The zero-order valence-corrected chi connectivity index (χ0v) is 16.8. The molecular weight excluding hydrogens is 406 g/mol. The minimum atomic E-state index is -0.470. The zero-order valence-electron chi connectivity index (χ0n) is 16.1. The Morgan fingerprint density at radius 2 is 1.93 bits per heavy atom. The van der Waals surface area contributed by atoms with Crippen molar-refractivity contribution in [3.8, 4) is 11.6 Å². The maximum atomic E-state index is 12.6. The Balaban J connectivity index is 1.53. The molecule has 4 aromatic rings. The van der Waals surface area contributed by atoms with Gasteiger partial charge >= 0.3 is 5.69 Å². The summed E-state index contributed by atoms with van der Waals surface area (Å²) in [6.45, 7) is 2.14. The number of carbonyl (C=O) groups excluding carboxylic acids is 1. The Hall–Kier alpha value is -3.65. The smallest absolute Gasteiger partial charge is 0.351 e. The van der Waals surface area contributed by atoms with E-state index in [1.54, 1.807) is 24.3 Å². The second-order valence-electron chi connectivity index (χ2n) is 6.66. The van der Waals surface area contributed by atoms with E-state index in [1.165, 1.54) is 16.8 Å². The van der Waals surface area contributed by atoms with Gasteiger partial charge in [0.05, 0.1) is 5.02 Å². The second kappa shape index (κ2) is 8.38. The topological polar surface area (TPSA) is 90.5 Å². The van der Waals surface area contributed by atoms with Crippen LogP contribution in [0.2, 0.25) is 5.02 Å². The number of nitrogens with one attached hydrogen (secondary N) is 1. The fourth-order valence-electron chi connectivity index (χ4n) is 2.83. The molecule has 152 valence electrons. The average Bonchev–Trinajstić information content (AvgIpc) is 3.06. The summed E-state index contributed by atoms with van der Waals surface area (Å²) in [5.74, 6) is 0.168. The van der Waals surface area contributed by atoms with Crippen LogP contribution >= 0.6 is 11.6 Å². The molecule has 30 heavy (non-hydrogen) atoms. The number of halogens is 1. The molecule has 4 rings (SSSR count). The van der Waals surface area contributed by atoms with Crippen molar-refractivity contribution in [1.29, 1.82) is 0 Å². The summed E-state index contributed by atoms with van der Waals surface area (Å²) in [5.41, 5.74) is 1.83. The molecule has 1 amide bonds. The van der Waals surface area contributed by atoms with Crippen LogP contribution in [0.5, 0.6) is 11.6 Å². The monoisotopic (exact) mass is 423 g/mol. The summed E-state index contributed by atoms with van der Waals surface area (Å²) in [6.07, 6.45) is 2.88. The van der Waals surface area contributed by atoms with Gasteiger partial charge in [0.1, 0.15) is 12.3 Å². The van der Waals surface area contributed by atoms with E-state index in [1.807, 2.05) is 31.2 Å². The predicted molar refractivity (Wildman–Crippen MR) is 112 cm³/mol. The van der Waals surface area contributed by atoms with Crippen LogP contribution in [0.3, 0.4) is 0 Å². The summed E-state index contributed by atoms with van der Waals surface area (Å²) >= 11 is 6.12. The number of amides is 1. The number of aryl methyl sites for hydroxylation is 1. The van der Waals surface area contributed by atoms with Gasteiger partial charge in [0.2, 0.25) is 11.6 Å². The maximum absolute atomic E-state index is 12.6. The molecule has 2 aromatic heterocycles. The van der Waals surface area contributed by atoms with Gasteiger partial charge in [0.15, 0.2) is 0 Å². The van der Waals surface area contributed by atoms with E-state index in [2.05, 4.69) is 15.4 Å². The molecule has 0 atom stereocenters. The number of para-hydroxylation sites is 1. The minimum Gasteiger partial charge on any atom is -0.434 e. The van der Waals surface area contributed by atoms with Gasteiger partial charge in [-0.15, -0.1) is 5.10 Å². The van der Waals surface area contributed by atoms with Gasteiger partial charge in [-0.05, 0) is 24.6 Å². The van der Waals surface area contributed by atoms with Gasteiger partial charge in [-0.1, -0.05) is 53.6 Å². The van der Waals surface area contributed by atoms with Gasteiger partial charge in [0, 0.05) is 18.9 Å². The number of aromatic nitrogens is 4. The molecule has 0 radical (unpaired) electrons. The third-order valence-corrected chi connectivity index (χ3v) is 4.73. The molecule has 1 N–H and O–H groups in total. The molecule has 0 aliphatic heterocycles. The van der Waals surface area contributed by atoms with Crippen LogP contribution < -0.4 is 15.7 Å². The summed E-state index contributed by atoms with van der Waals surface area (Å²) in [5, 5.41) is 7.41. The van der Waals surface area contributed by atoms with E-state index < -0.39 is 5.69 Å². The van der Waals surface area contributed by atoms with E-state index in [4.69, 9.17) is 16.3 Å². The van der Waals surface area contributed by atoms with Crippen LogP contribution in [-0.4, -0.2) is 25.1 Å². The third-order valence-electron chi connectivity index (χ3n) is 4.42. The molecule has 0 bridgehead atoms. The van der Waals surface area contributed by atoms with Crippen LogP contribution in [0, 0.1) is 6.92 Å². The Kier molecular flexibility index (Phi) is 5.49. The summed E-state index contributed by atoms with van der Waals surface area (Å²) in [4.78, 5) is 29.1. The minimum absolute atomic E-state index is 0.113. The van der Waals surface area contributed by atoms with Crippen molar-refractivity contribution in [3.63, 3.8) is 0 Å². The van der Waals surface area contributed by atoms with Crippen molar-refractivity contribution in [2.75, 3.05) is 0 Å². The maximum Gasteiger partial charge on any atom is 0.351 e. The highest BCUT2D eigenvalue weighted by Crippen LogP contribution is 2.28. The number of hydrogen-bond acceptors (Lipinski definition) is 5. The Morgan fingerprint density at radius 3 is 2.70 bits per heavy atom. The zero-order chi connectivity index (χ0) is 21.1. The predicted octanol–water partition coefficient (Wildman–Crippen LogP) is 2.96. The molecular formula is C21H18ClN5O3. The van der Waals surface area contributed by atoms with Crippen LogP contribution in [0.4, 0.5) is 0 Å². The number of ether oxygens (including phenoxy) is 1. The number of fused-ring (bicyclic) bond motifs is 1. The quantitative estimate of drug-likeness (QED) is 0.515. The third kappa shape index (κ3) is 4.18. The summed E-state index contributed by atoms with van der Waals surface area (Å²) in [6, 6.07) is 14.7. The van der Waals surface area contributed by atoms with Gasteiger partial charge in [0.25, 0.3) is 5.88 Å². The van der Waals surface area contributed by atoms with Crippen molar-refractivity contribution in [2.24, 2.45) is 0 Å². The molecule has 9 heteroatoms. The fourth-order valence-corrected chi connectivity index (χ4v) is 3.01. The molecule has 0 saturated carbocycles. The number of carbonyl (C=O) groups is 1. The first-order valence-electron chi connectivity index (χ1n) is 9.20. The molecule has 0 fully saturated rings. The molecule has 0 unspecified atom stereocenters. The summed E-state index contributed by atoms with van der Waals surface area (Å²) in [7, 11) is 0. The van der Waals surface area contributed by atoms with Crippen molar-refractivity contribution in [1.82, 2.24) is 24.5 Å². The Bertz CT molecular complexity index is 1260. The molecule has 0 spiro atoms. The van der Waals surface area contributed by atoms with E-state index in [0.717, 1.165) is 15.8 Å². The van der Waals surface area contributed by atoms with Crippen molar-refractivity contribution < 1.29 is 9.53 Å². The fraction of sp³-hybridized carbons (Fsp3) is 0.143. The van der Waals surface area contributed by atoms with Gasteiger partial charge in [-0.3, -0.25) is 4.79 Å². The summed E-state index contributed by atoms with van der Waals surface area (Å²) < 4.78 is 8.07. The lowest BCUT2D eigenvalue weighted by molar-refractivity contribution is -0.122. The molecule has 0 aliphatic rings. The largest absolute Gasteiger partial charge is 0.434 e. The lowest BCUT2D eigenvalue weighted by atomic mass is 10.1. The standard InChI is InChI=1S/C21H18ClN5O3/c1-14-6-8-15(9-7-14)12-24-18(28)13-27-21(29)26-11-10-23-20(19(26)25-27)30-17-5-3-2-4-16(17)22/h2-11H,12-13H2,1H3,(H,24,28). The Labute approximate surface area is 176 Å². The van der Waals surface area contributed by atoms with E-state index in [0.29, 0.717) is 17.3 Å². The lowest BCUT2D eigenvalue weighted by Crippen LogP contribution is -2.32. The number of rotatable bonds is 6. The van der Waals surface area contributed by atoms with Gasteiger partial charge < -0.3 is 10.1 Å². The first-order valence-corrected chi connectivity index (χ1v) is 9.58. The highest BCUT2D eigenvalue weighted by atomic mass is 35.5. The van der Waals surface area contributed by atoms with Crippen LogP contribution in [0.1, 0.15) is 11.1 Å². The van der Waals surface area contributed by atoms with E-state index in [-0.39, 0.29) is 24.0 Å². The highest BCUT2D eigenvalue weighted by Gasteiger charge is 2.16. The normalized spacial score (nSPS) is 10.9. The lowest BCUT2D eigenvalue weighted by Gasteiger charge is -2.06. The van der Waals surface area contributed by atoms with Crippen LogP contribution in [-0.2, 0) is 17.9 Å². The molecule has 2 aromatic carbocycles. The highest BCUT2D eigenvalue weighted by molar-refractivity contribution is 6.32. The molecule has 0 aliphatic carbocycles. The van der Waals surface area contributed by atoms with E-state index in [9.17, 15) is 9.59 Å². The first-order chi connectivity index (χ1) is 14.5. The van der Waals surface area contributed by atoms with Gasteiger partial charge in [-0.2, -0.15) is 0 Å². The van der Waals surface area contributed by atoms with Crippen molar-refractivity contribution in [3.05, 3.63) is 87.6 Å².